The average molecular weight is 397 g/mol. The quantitative estimate of drug-likeness (QED) is 0.507. The van der Waals surface area contributed by atoms with E-state index < -0.39 is 17.4 Å². The molecule has 2 aromatic carbocycles. The van der Waals surface area contributed by atoms with Gasteiger partial charge in [-0.05, 0) is 64.8 Å². The van der Waals surface area contributed by atoms with Crippen molar-refractivity contribution in [1.82, 2.24) is 0 Å². The van der Waals surface area contributed by atoms with Gasteiger partial charge in [-0.15, -0.1) is 0 Å². The van der Waals surface area contributed by atoms with Crippen molar-refractivity contribution in [2.75, 3.05) is 13.7 Å². The molecule has 0 unspecified atom stereocenters. The van der Waals surface area contributed by atoms with Gasteiger partial charge in [0.25, 0.3) is 0 Å². The molecule has 0 saturated carbocycles. The minimum absolute atomic E-state index is 0.316. The molecule has 0 fully saturated rings. The summed E-state index contributed by atoms with van der Waals surface area (Å²) in [5, 5.41) is 0. The van der Waals surface area contributed by atoms with E-state index in [0.717, 1.165) is 18.2 Å². The SMILES string of the molecule is CCOc1c(Br)cc(/C=C/C(=O)c2cc(F)ccc2F)cc1OC. The molecule has 0 atom stereocenters. The van der Waals surface area contributed by atoms with Crippen molar-refractivity contribution in [2.45, 2.75) is 6.92 Å². The number of carbonyl (C=O) groups is 1. The van der Waals surface area contributed by atoms with Gasteiger partial charge in [0.05, 0.1) is 23.8 Å². The Balaban J connectivity index is 2.30. The Morgan fingerprint density at radius 2 is 2.00 bits per heavy atom. The van der Waals surface area contributed by atoms with Crippen LogP contribution in [-0.2, 0) is 0 Å². The third-order valence-corrected chi connectivity index (χ3v) is 3.75. The Morgan fingerprint density at radius 3 is 2.67 bits per heavy atom. The molecule has 126 valence electrons. The van der Waals surface area contributed by atoms with Crippen molar-refractivity contribution >= 4 is 27.8 Å². The molecule has 2 rings (SSSR count). The second-order valence-corrected chi connectivity index (χ2v) is 5.64. The van der Waals surface area contributed by atoms with Crippen LogP contribution < -0.4 is 9.47 Å². The van der Waals surface area contributed by atoms with Gasteiger partial charge in [-0.1, -0.05) is 6.08 Å². The first-order valence-electron chi connectivity index (χ1n) is 7.14. The molecule has 0 aromatic heterocycles. The summed E-state index contributed by atoms with van der Waals surface area (Å²) in [6.45, 7) is 2.33. The molecule has 0 aliphatic rings. The molecular formula is C18H15BrF2O3. The fraction of sp³-hybridized carbons (Fsp3) is 0.167. The van der Waals surface area contributed by atoms with Gasteiger partial charge in [-0.25, -0.2) is 8.78 Å². The van der Waals surface area contributed by atoms with E-state index in [1.807, 2.05) is 6.92 Å². The monoisotopic (exact) mass is 396 g/mol. The van der Waals surface area contributed by atoms with Crippen LogP contribution in [0.2, 0.25) is 0 Å². The largest absolute Gasteiger partial charge is 0.493 e. The summed E-state index contributed by atoms with van der Waals surface area (Å²) in [6.07, 6.45) is 2.68. The van der Waals surface area contributed by atoms with Crippen LogP contribution in [-0.4, -0.2) is 19.5 Å². The molecule has 0 heterocycles. The first-order valence-corrected chi connectivity index (χ1v) is 7.93. The highest BCUT2D eigenvalue weighted by atomic mass is 79.9. The number of ketones is 1. The van der Waals surface area contributed by atoms with E-state index in [-0.39, 0.29) is 5.56 Å². The number of carbonyl (C=O) groups excluding carboxylic acids is 1. The Bertz CT molecular complexity index is 788. The summed E-state index contributed by atoms with van der Waals surface area (Å²) in [5.41, 5.74) is 0.329. The summed E-state index contributed by atoms with van der Waals surface area (Å²) in [4.78, 5) is 12.0. The molecule has 0 aliphatic heterocycles. The lowest BCUT2D eigenvalue weighted by atomic mass is 10.1. The van der Waals surface area contributed by atoms with Gasteiger partial charge in [0.2, 0.25) is 0 Å². The standard InChI is InChI=1S/C18H15BrF2O3/c1-3-24-18-14(19)8-11(9-17(18)23-2)4-7-16(22)13-10-12(20)5-6-15(13)21/h4-10H,3H2,1-2H3/b7-4+. The summed E-state index contributed by atoms with van der Waals surface area (Å²) < 4.78 is 38.2. The van der Waals surface area contributed by atoms with Gasteiger partial charge in [-0.2, -0.15) is 0 Å². The summed E-state index contributed by atoms with van der Waals surface area (Å²) >= 11 is 3.38. The Hall–Kier alpha value is -2.21. The predicted molar refractivity (Wildman–Crippen MR) is 91.6 cm³/mol. The number of benzene rings is 2. The van der Waals surface area contributed by atoms with Gasteiger partial charge >= 0.3 is 0 Å². The van der Waals surface area contributed by atoms with Crippen LogP contribution in [0.5, 0.6) is 11.5 Å². The average Bonchev–Trinajstić information content (AvgIpc) is 2.56. The van der Waals surface area contributed by atoms with Crippen molar-refractivity contribution < 1.29 is 23.0 Å². The van der Waals surface area contributed by atoms with E-state index in [1.54, 1.807) is 12.1 Å². The Morgan fingerprint density at radius 1 is 1.25 bits per heavy atom. The molecule has 0 amide bonds. The Labute approximate surface area is 147 Å². The number of methoxy groups -OCH3 is 1. The molecule has 0 radical (unpaired) electrons. The second kappa shape index (κ2) is 8.06. The first-order chi connectivity index (χ1) is 11.5. The van der Waals surface area contributed by atoms with Gasteiger partial charge in [0.15, 0.2) is 17.3 Å². The maximum Gasteiger partial charge on any atom is 0.188 e. The highest BCUT2D eigenvalue weighted by Gasteiger charge is 2.12. The Kier molecular flexibility index (Phi) is 6.09. The molecule has 0 bridgehead atoms. The van der Waals surface area contributed by atoms with E-state index in [9.17, 15) is 13.6 Å². The maximum absolute atomic E-state index is 13.6. The van der Waals surface area contributed by atoms with Crippen molar-refractivity contribution in [3.63, 3.8) is 0 Å². The molecule has 0 spiro atoms. The number of hydrogen-bond donors (Lipinski definition) is 0. The lowest BCUT2D eigenvalue weighted by Crippen LogP contribution is -2.00. The normalized spacial score (nSPS) is 10.9. The topological polar surface area (TPSA) is 35.5 Å². The van der Waals surface area contributed by atoms with Crippen LogP contribution >= 0.6 is 15.9 Å². The fourth-order valence-corrected chi connectivity index (χ4v) is 2.64. The van der Waals surface area contributed by atoms with Crippen LogP contribution in [0.1, 0.15) is 22.8 Å². The molecule has 0 N–H and O–H groups in total. The van der Waals surface area contributed by atoms with E-state index in [2.05, 4.69) is 15.9 Å². The summed E-state index contributed by atoms with van der Waals surface area (Å²) in [7, 11) is 1.51. The lowest BCUT2D eigenvalue weighted by Gasteiger charge is -2.12. The summed E-state index contributed by atoms with van der Waals surface area (Å²) in [6, 6.07) is 6.18. The smallest absolute Gasteiger partial charge is 0.188 e. The molecule has 24 heavy (non-hydrogen) atoms. The molecule has 2 aromatic rings. The highest BCUT2D eigenvalue weighted by Crippen LogP contribution is 2.37. The zero-order valence-corrected chi connectivity index (χ0v) is 14.7. The van der Waals surface area contributed by atoms with Crippen LogP contribution in [0.15, 0.2) is 40.9 Å². The van der Waals surface area contributed by atoms with E-state index in [4.69, 9.17) is 9.47 Å². The predicted octanol–water partition coefficient (Wildman–Crippen LogP) is 5.03. The van der Waals surface area contributed by atoms with Crippen LogP contribution in [0.3, 0.4) is 0 Å². The van der Waals surface area contributed by atoms with Crippen LogP contribution in [0.4, 0.5) is 8.78 Å². The van der Waals surface area contributed by atoms with Gasteiger partial charge in [-0.3, -0.25) is 4.79 Å². The molecule has 0 aliphatic carbocycles. The maximum atomic E-state index is 13.6. The van der Waals surface area contributed by atoms with Crippen molar-refractivity contribution in [2.24, 2.45) is 0 Å². The van der Waals surface area contributed by atoms with Gasteiger partial charge in [0, 0.05) is 0 Å². The van der Waals surface area contributed by atoms with Crippen molar-refractivity contribution in [3.05, 3.63) is 63.6 Å². The van der Waals surface area contributed by atoms with Gasteiger partial charge < -0.3 is 9.47 Å². The minimum Gasteiger partial charge on any atom is -0.493 e. The van der Waals surface area contributed by atoms with E-state index in [1.165, 1.54) is 19.3 Å². The van der Waals surface area contributed by atoms with E-state index in [0.29, 0.717) is 28.1 Å². The highest BCUT2D eigenvalue weighted by molar-refractivity contribution is 9.10. The number of hydrogen-bond acceptors (Lipinski definition) is 3. The number of rotatable bonds is 6. The van der Waals surface area contributed by atoms with E-state index >= 15 is 0 Å². The molecular weight excluding hydrogens is 382 g/mol. The van der Waals surface area contributed by atoms with Gasteiger partial charge in [0.1, 0.15) is 11.6 Å². The zero-order valence-electron chi connectivity index (χ0n) is 13.1. The lowest BCUT2D eigenvalue weighted by molar-refractivity contribution is 0.104. The number of halogens is 3. The molecule has 6 heteroatoms. The number of ether oxygens (including phenoxy) is 2. The van der Waals surface area contributed by atoms with Crippen molar-refractivity contribution in [3.8, 4) is 11.5 Å². The molecule has 0 saturated heterocycles. The second-order valence-electron chi connectivity index (χ2n) is 4.79. The fourth-order valence-electron chi connectivity index (χ4n) is 2.07. The van der Waals surface area contributed by atoms with Crippen molar-refractivity contribution in [1.29, 1.82) is 0 Å². The van der Waals surface area contributed by atoms with Crippen LogP contribution in [0.25, 0.3) is 6.08 Å². The number of allylic oxidation sites excluding steroid dienone is 1. The molecule has 3 nitrogen and oxygen atoms in total. The zero-order chi connectivity index (χ0) is 17.7. The summed E-state index contributed by atoms with van der Waals surface area (Å²) in [5.74, 6) is -1.01. The van der Waals surface area contributed by atoms with Crippen LogP contribution in [0, 0.1) is 11.6 Å². The third kappa shape index (κ3) is 4.20. The minimum atomic E-state index is -0.767. The third-order valence-electron chi connectivity index (χ3n) is 3.16. The first kappa shape index (κ1) is 18.1.